The van der Waals surface area contributed by atoms with E-state index < -0.39 is 0 Å². The number of carbonyl (C=O) groups excluding carboxylic acids is 1. The first-order chi connectivity index (χ1) is 16.4. The zero-order valence-corrected chi connectivity index (χ0v) is 20.4. The van der Waals surface area contributed by atoms with Crippen LogP contribution in [0.4, 0.5) is 5.69 Å². The summed E-state index contributed by atoms with van der Waals surface area (Å²) < 4.78 is 0. The number of anilines is 1. The maximum atomic E-state index is 13.4. The Hall–Kier alpha value is -3.15. The molecule has 0 bridgehead atoms. The van der Waals surface area contributed by atoms with Crippen molar-refractivity contribution in [1.29, 1.82) is 0 Å². The number of aliphatic hydroxyl groups is 1. The van der Waals surface area contributed by atoms with Crippen molar-refractivity contribution in [1.82, 2.24) is 9.80 Å². The van der Waals surface area contributed by atoms with Gasteiger partial charge in [0.1, 0.15) is 5.76 Å². The van der Waals surface area contributed by atoms with Crippen LogP contribution in [0, 0.1) is 0 Å². The number of hydrogen-bond donors (Lipinski definition) is 1. The molecule has 0 saturated carbocycles. The fourth-order valence-corrected chi connectivity index (χ4v) is 5.15. The summed E-state index contributed by atoms with van der Waals surface area (Å²) in [6.45, 7) is 8.08. The summed E-state index contributed by atoms with van der Waals surface area (Å²) in [5.41, 5.74) is 3.78. The molecule has 178 valence electrons. The molecule has 2 unspecified atom stereocenters. The van der Waals surface area contributed by atoms with Gasteiger partial charge in [0.25, 0.3) is 5.91 Å². The number of nitrogens with zero attached hydrogens (tertiary/aromatic N) is 3. The van der Waals surface area contributed by atoms with Crippen LogP contribution in [-0.4, -0.2) is 60.1 Å². The number of piperazine rings is 1. The number of likely N-dealkylation sites (N-methyl/N-ethyl adjacent to an activating group) is 1. The molecular weight excluding hydrogens is 422 g/mol. The first-order valence-corrected chi connectivity index (χ1v) is 12.0. The minimum atomic E-state index is -0.0393. The second kappa shape index (κ2) is 10.4. The Kier molecular flexibility index (Phi) is 7.35. The Morgan fingerprint density at radius 2 is 1.94 bits per heavy atom. The van der Waals surface area contributed by atoms with Gasteiger partial charge in [-0.1, -0.05) is 36.4 Å². The molecule has 1 aliphatic heterocycles. The lowest BCUT2D eigenvalue weighted by molar-refractivity contribution is 0.0468. The summed E-state index contributed by atoms with van der Waals surface area (Å²) in [6.07, 6.45) is 7.49. The van der Waals surface area contributed by atoms with Gasteiger partial charge in [-0.3, -0.25) is 14.6 Å². The number of carbonyl (C=O) groups is 1. The summed E-state index contributed by atoms with van der Waals surface area (Å²) in [5, 5.41) is 10.3. The molecule has 1 aliphatic carbocycles. The lowest BCUT2D eigenvalue weighted by atomic mass is 9.88. The predicted molar refractivity (Wildman–Crippen MR) is 139 cm³/mol. The second-order valence-electron chi connectivity index (χ2n) is 9.40. The van der Waals surface area contributed by atoms with E-state index in [2.05, 4.69) is 36.4 Å². The fraction of sp³-hybridized carbons (Fsp3) is 0.345. The van der Waals surface area contributed by atoms with Crippen molar-refractivity contribution in [3.63, 3.8) is 0 Å². The Balaban J connectivity index is 1.72. The molecular formula is C29H35N3O2. The Labute approximate surface area is 203 Å². The van der Waals surface area contributed by atoms with Gasteiger partial charge in [-0.2, -0.15) is 0 Å². The average Bonchev–Trinajstić information content (AvgIpc) is 2.85. The van der Waals surface area contributed by atoms with Gasteiger partial charge in [-0.05, 0) is 74.4 Å². The van der Waals surface area contributed by atoms with Crippen molar-refractivity contribution in [3.8, 4) is 0 Å². The molecule has 0 aromatic heterocycles. The third kappa shape index (κ3) is 5.01. The molecule has 4 rings (SSSR count). The van der Waals surface area contributed by atoms with E-state index in [-0.39, 0.29) is 18.0 Å². The van der Waals surface area contributed by atoms with Gasteiger partial charge in [0.15, 0.2) is 0 Å². The highest BCUT2D eigenvalue weighted by Crippen LogP contribution is 2.37. The molecule has 1 N–H and O–H groups in total. The summed E-state index contributed by atoms with van der Waals surface area (Å²) in [4.78, 5) is 19.9. The molecule has 1 fully saturated rings. The van der Waals surface area contributed by atoms with Crippen LogP contribution in [0.2, 0.25) is 0 Å². The maximum absolute atomic E-state index is 13.4. The normalized spacial score (nSPS) is 22.4. The highest BCUT2D eigenvalue weighted by molar-refractivity contribution is 6.05. The molecule has 5 nitrogen and oxygen atoms in total. The van der Waals surface area contributed by atoms with Crippen LogP contribution >= 0.6 is 0 Å². The van der Waals surface area contributed by atoms with E-state index in [1.165, 1.54) is 5.57 Å². The highest BCUT2D eigenvalue weighted by Gasteiger charge is 2.35. The van der Waals surface area contributed by atoms with Gasteiger partial charge in [-0.15, -0.1) is 6.58 Å². The van der Waals surface area contributed by atoms with Crippen LogP contribution in [0.25, 0.3) is 0 Å². The third-order valence-electron chi connectivity index (χ3n) is 7.05. The first kappa shape index (κ1) is 24.0. The van der Waals surface area contributed by atoms with Crippen LogP contribution in [0.15, 0.2) is 90.7 Å². The van der Waals surface area contributed by atoms with Crippen molar-refractivity contribution in [2.45, 2.75) is 37.9 Å². The lowest BCUT2D eigenvalue weighted by Crippen LogP contribution is -2.56. The molecule has 1 saturated heterocycles. The van der Waals surface area contributed by atoms with Crippen LogP contribution in [0.5, 0.6) is 0 Å². The van der Waals surface area contributed by atoms with E-state index in [1.54, 1.807) is 4.90 Å². The Morgan fingerprint density at radius 3 is 2.65 bits per heavy atom. The minimum absolute atomic E-state index is 0.0169. The Morgan fingerprint density at radius 1 is 1.18 bits per heavy atom. The summed E-state index contributed by atoms with van der Waals surface area (Å²) in [5.74, 6) is 0.284. The molecule has 0 spiro atoms. The molecule has 2 aromatic carbocycles. The number of rotatable bonds is 6. The van der Waals surface area contributed by atoms with Gasteiger partial charge in [0.05, 0.1) is 6.04 Å². The SMILES string of the molecule is C=CC1CN(C(C2=CC(O)=CCC2)c2cccc(C(=O)N(C)c3ccccc3)c2)[C@@H](C)CN1C. The standard InChI is InChI=1S/C29H35N3O2/c1-5-25-20-32(21(2)19-30(25)3)28(23-12-10-16-27(33)18-23)22-11-9-13-24(17-22)29(34)31(4)26-14-7-6-8-15-26/h5-9,11,13-18,21,25,28,33H,1,10,12,19-20H2,2-4H3/t21-,25?,28?/m0/s1. The number of allylic oxidation sites excluding steroid dienone is 2. The topological polar surface area (TPSA) is 47.0 Å². The van der Waals surface area contributed by atoms with Gasteiger partial charge in [-0.25, -0.2) is 0 Å². The molecule has 1 amide bonds. The average molecular weight is 458 g/mol. The van der Waals surface area contributed by atoms with Crippen LogP contribution in [0.1, 0.15) is 41.7 Å². The van der Waals surface area contributed by atoms with Gasteiger partial charge in [0, 0.05) is 43.5 Å². The van der Waals surface area contributed by atoms with Crippen LogP contribution in [-0.2, 0) is 0 Å². The van der Waals surface area contributed by atoms with Crippen molar-refractivity contribution in [2.24, 2.45) is 0 Å². The third-order valence-corrected chi connectivity index (χ3v) is 7.05. The van der Waals surface area contributed by atoms with Crippen molar-refractivity contribution in [3.05, 3.63) is 102 Å². The van der Waals surface area contributed by atoms with Gasteiger partial charge < -0.3 is 10.0 Å². The molecule has 2 aliphatic rings. The molecule has 2 aromatic rings. The summed E-state index contributed by atoms with van der Waals surface area (Å²) >= 11 is 0. The maximum Gasteiger partial charge on any atom is 0.258 e. The monoisotopic (exact) mass is 457 g/mol. The van der Waals surface area contributed by atoms with Crippen molar-refractivity contribution < 1.29 is 9.90 Å². The largest absolute Gasteiger partial charge is 0.508 e. The van der Waals surface area contributed by atoms with Crippen molar-refractivity contribution in [2.75, 3.05) is 32.1 Å². The molecule has 0 radical (unpaired) electrons. The van der Waals surface area contributed by atoms with E-state index >= 15 is 0 Å². The molecule has 5 heteroatoms. The first-order valence-electron chi connectivity index (χ1n) is 12.0. The van der Waals surface area contributed by atoms with Gasteiger partial charge >= 0.3 is 0 Å². The van der Waals surface area contributed by atoms with E-state index in [4.69, 9.17) is 0 Å². The Bertz CT molecular complexity index is 1090. The number of aliphatic hydroxyl groups excluding tert-OH is 1. The number of para-hydroxylation sites is 1. The number of amides is 1. The molecule has 3 atom stereocenters. The predicted octanol–water partition coefficient (Wildman–Crippen LogP) is 5.36. The zero-order chi connectivity index (χ0) is 24.2. The molecule has 34 heavy (non-hydrogen) atoms. The summed E-state index contributed by atoms with van der Waals surface area (Å²) in [6, 6.07) is 18.2. The van der Waals surface area contributed by atoms with E-state index in [0.29, 0.717) is 17.4 Å². The van der Waals surface area contributed by atoms with Crippen molar-refractivity contribution >= 4 is 11.6 Å². The second-order valence-corrected chi connectivity index (χ2v) is 9.40. The van der Waals surface area contributed by atoms with Gasteiger partial charge in [0.2, 0.25) is 0 Å². The van der Waals surface area contributed by atoms with E-state index in [9.17, 15) is 9.90 Å². The van der Waals surface area contributed by atoms with E-state index in [0.717, 1.165) is 37.2 Å². The smallest absolute Gasteiger partial charge is 0.258 e. The number of benzene rings is 2. The summed E-state index contributed by atoms with van der Waals surface area (Å²) in [7, 11) is 3.95. The fourth-order valence-electron chi connectivity index (χ4n) is 5.15. The minimum Gasteiger partial charge on any atom is -0.508 e. The zero-order valence-electron chi connectivity index (χ0n) is 20.4. The quantitative estimate of drug-likeness (QED) is 0.594. The van der Waals surface area contributed by atoms with Crippen LogP contribution in [0.3, 0.4) is 0 Å². The van der Waals surface area contributed by atoms with Crippen LogP contribution < -0.4 is 4.90 Å². The highest BCUT2D eigenvalue weighted by atomic mass is 16.3. The lowest BCUT2D eigenvalue weighted by Gasteiger charge is -2.47. The van der Waals surface area contributed by atoms with E-state index in [1.807, 2.05) is 73.8 Å². The molecule has 1 heterocycles. The number of hydrogen-bond acceptors (Lipinski definition) is 4.